The molecule has 2 unspecified atom stereocenters. The molecule has 0 amide bonds. The predicted molar refractivity (Wildman–Crippen MR) is 206 cm³/mol. The minimum Gasteiger partial charge on any atom is -0.442 e. The minimum atomic E-state index is -1.72. The molecule has 4 heterocycles. The van der Waals surface area contributed by atoms with Crippen LogP contribution in [0.15, 0.2) is 91.8 Å². The molecular formula is C43H59N3OSi+2. The molecule has 0 saturated carbocycles. The van der Waals surface area contributed by atoms with Gasteiger partial charge >= 0.3 is 0 Å². The average Bonchev–Trinajstić information content (AvgIpc) is 3.09. The molecule has 1 N–H and O–H groups in total. The fraction of sp³-hybridized carbons (Fsp3) is 0.442. The van der Waals surface area contributed by atoms with Crippen LogP contribution in [-0.2, 0) is 11.2 Å². The summed E-state index contributed by atoms with van der Waals surface area (Å²) in [5.74, 6) is 1.71. The van der Waals surface area contributed by atoms with Crippen molar-refractivity contribution in [3.05, 3.63) is 114 Å². The van der Waals surface area contributed by atoms with Gasteiger partial charge < -0.3 is 10.1 Å². The van der Waals surface area contributed by atoms with E-state index in [0.29, 0.717) is 17.6 Å². The molecule has 1 aromatic carbocycles. The monoisotopic (exact) mass is 661 g/mol. The number of benzene rings is 1. The number of fused-ring (bicyclic) bond motifs is 7. The zero-order valence-corrected chi connectivity index (χ0v) is 32.4. The van der Waals surface area contributed by atoms with Gasteiger partial charge in [-0.05, 0) is 73.4 Å². The topological polar surface area (TPSA) is 29.0 Å². The van der Waals surface area contributed by atoms with Crippen LogP contribution < -0.4 is 19.6 Å². The molecule has 4 nitrogen and oxygen atoms in total. The van der Waals surface area contributed by atoms with Crippen LogP contribution in [0.3, 0.4) is 0 Å². The van der Waals surface area contributed by atoms with E-state index in [2.05, 4.69) is 144 Å². The van der Waals surface area contributed by atoms with Crippen molar-refractivity contribution in [2.75, 3.05) is 7.05 Å². The molecular weight excluding hydrogens is 603 g/mol. The predicted octanol–water partition coefficient (Wildman–Crippen LogP) is 9.56. The van der Waals surface area contributed by atoms with Crippen molar-refractivity contribution in [2.24, 2.45) is 5.41 Å². The smallest absolute Gasteiger partial charge is 0.249 e. The van der Waals surface area contributed by atoms with Crippen LogP contribution in [0.1, 0.15) is 107 Å². The lowest BCUT2D eigenvalue weighted by Gasteiger charge is -2.33. The van der Waals surface area contributed by atoms with E-state index in [0.717, 1.165) is 36.2 Å². The lowest BCUT2D eigenvalue weighted by molar-refractivity contribution is -0.728. The highest BCUT2D eigenvalue weighted by atomic mass is 28.3. The Morgan fingerprint density at radius 2 is 1.75 bits per heavy atom. The van der Waals surface area contributed by atoms with Gasteiger partial charge in [-0.2, -0.15) is 9.13 Å². The summed E-state index contributed by atoms with van der Waals surface area (Å²) in [4.78, 5) is 0. The van der Waals surface area contributed by atoms with Gasteiger partial charge in [0.05, 0.1) is 19.6 Å². The molecule has 0 radical (unpaired) electrons. The summed E-state index contributed by atoms with van der Waals surface area (Å²) in [6.07, 6.45) is 10.1. The van der Waals surface area contributed by atoms with Crippen LogP contribution in [0.4, 0.5) is 0 Å². The Bertz CT molecular complexity index is 1790. The lowest BCUT2D eigenvalue weighted by Crippen LogP contribution is -2.57. The lowest BCUT2D eigenvalue weighted by atomic mass is 9.77. The fourth-order valence-corrected chi connectivity index (χ4v) is 9.42. The Hall–Kier alpha value is -3.70. The summed E-state index contributed by atoms with van der Waals surface area (Å²) in [6.45, 7) is 34.9. The molecule has 5 heteroatoms. The molecule has 0 bridgehead atoms. The quantitative estimate of drug-likeness (QED) is 0.133. The Balaban J connectivity index is 1.81. The molecule has 0 saturated heterocycles. The van der Waals surface area contributed by atoms with E-state index in [1.54, 1.807) is 5.19 Å². The standard InChI is InChI=1S/C43H59N3OSi/c1-14-43(9,15-2)26-34-25-38-36-19-17-16-18-35(36)37-21-20-29(5)41(31(7)47-32(8)44-10)39-24-33(28(3)4)22-23-45(39)30(6)42(37)46(38)27-40(34)48(11,12)13/h16-19,22-25,27-28,37,42,44H,6-8,14-15,20-21,26H2,1-5,9-13H3/q+2/b41-29-. The first-order valence-corrected chi connectivity index (χ1v) is 21.5. The summed E-state index contributed by atoms with van der Waals surface area (Å²) in [7, 11) is 0.102. The molecule has 0 fully saturated rings. The van der Waals surface area contributed by atoms with Gasteiger partial charge in [-0.15, -0.1) is 0 Å². The SMILES string of the molecule is C=C(NC)OC(=C)/C1=C(\C)CCC2c3ccccc3-c3cc(CC(C)(CC)CC)c([Si](C)(C)C)c[n+]3C2C(=C)[n+]2ccc(C(C)C)cc21. The minimum absolute atomic E-state index is 0.0463. The van der Waals surface area contributed by atoms with E-state index in [9.17, 15) is 0 Å². The molecule has 2 aliphatic heterocycles. The highest BCUT2D eigenvalue weighted by Crippen LogP contribution is 2.46. The molecule has 0 aliphatic carbocycles. The van der Waals surface area contributed by atoms with Gasteiger partial charge in [-0.25, -0.2) is 0 Å². The zero-order valence-electron chi connectivity index (χ0n) is 31.4. The van der Waals surface area contributed by atoms with Gasteiger partial charge in [-0.3, -0.25) is 0 Å². The van der Waals surface area contributed by atoms with Gasteiger partial charge in [0.25, 0.3) is 0 Å². The Labute approximate surface area is 292 Å². The van der Waals surface area contributed by atoms with Crippen molar-refractivity contribution in [1.82, 2.24) is 5.32 Å². The van der Waals surface area contributed by atoms with Crippen molar-refractivity contribution >= 4 is 24.5 Å². The fourth-order valence-electron chi connectivity index (χ4n) is 7.77. The van der Waals surface area contributed by atoms with Crippen molar-refractivity contribution in [3.63, 3.8) is 0 Å². The van der Waals surface area contributed by atoms with Crippen LogP contribution >= 0.6 is 0 Å². The third-order valence-electron chi connectivity index (χ3n) is 11.3. The highest BCUT2D eigenvalue weighted by Gasteiger charge is 2.48. The summed E-state index contributed by atoms with van der Waals surface area (Å²) >= 11 is 0. The maximum atomic E-state index is 6.19. The van der Waals surface area contributed by atoms with E-state index >= 15 is 0 Å². The summed E-state index contributed by atoms with van der Waals surface area (Å²) < 4.78 is 11.1. The number of allylic oxidation sites excluding steroid dienone is 3. The Kier molecular flexibility index (Phi) is 10.1. The number of rotatable bonds is 10. The second-order valence-corrected chi connectivity index (χ2v) is 20.9. The number of hydrogen-bond acceptors (Lipinski definition) is 2. The number of nitrogens with one attached hydrogen (secondary N) is 1. The van der Waals surface area contributed by atoms with E-state index < -0.39 is 8.07 Å². The van der Waals surface area contributed by atoms with E-state index in [1.165, 1.54) is 46.4 Å². The average molecular weight is 662 g/mol. The summed E-state index contributed by atoms with van der Waals surface area (Å²) in [5, 5.41) is 4.60. The summed E-state index contributed by atoms with van der Waals surface area (Å²) in [5.41, 5.74) is 11.6. The highest BCUT2D eigenvalue weighted by molar-refractivity contribution is 6.89. The van der Waals surface area contributed by atoms with Crippen LogP contribution in [0, 0.1) is 5.41 Å². The number of ether oxygens (including phenoxy) is 1. The maximum Gasteiger partial charge on any atom is 0.249 e. The molecule has 2 aliphatic rings. The van der Waals surface area contributed by atoms with Gasteiger partial charge in [-0.1, -0.05) is 97.5 Å². The molecule has 0 spiro atoms. The molecule has 48 heavy (non-hydrogen) atoms. The van der Waals surface area contributed by atoms with E-state index in [4.69, 9.17) is 11.3 Å². The van der Waals surface area contributed by atoms with Gasteiger partial charge in [0.2, 0.25) is 23.1 Å². The number of nitrogens with zero attached hydrogens (tertiary/aromatic N) is 2. The largest absolute Gasteiger partial charge is 0.442 e. The molecule has 5 rings (SSSR count). The third kappa shape index (κ3) is 6.63. The zero-order chi connectivity index (χ0) is 35.1. The number of pyridine rings is 2. The molecule has 254 valence electrons. The van der Waals surface area contributed by atoms with Crippen LogP contribution in [-0.4, -0.2) is 15.1 Å². The van der Waals surface area contributed by atoms with Crippen LogP contribution in [0.5, 0.6) is 0 Å². The van der Waals surface area contributed by atoms with Crippen LogP contribution in [0.2, 0.25) is 19.6 Å². The second-order valence-electron chi connectivity index (χ2n) is 15.8. The summed E-state index contributed by atoms with van der Waals surface area (Å²) in [6, 6.07) is 16.3. The number of hydrogen-bond donors (Lipinski definition) is 1. The van der Waals surface area contributed by atoms with Gasteiger partial charge in [0.15, 0.2) is 18.3 Å². The van der Waals surface area contributed by atoms with Crippen LogP contribution in [0.25, 0.3) is 22.5 Å². The van der Waals surface area contributed by atoms with Crippen molar-refractivity contribution in [2.45, 2.75) is 111 Å². The van der Waals surface area contributed by atoms with Gasteiger partial charge in [0, 0.05) is 36.0 Å². The third-order valence-corrected chi connectivity index (χ3v) is 13.3. The Morgan fingerprint density at radius 3 is 2.38 bits per heavy atom. The second kappa shape index (κ2) is 13.7. The first-order chi connectivity index (χ1) is 22.6. The first-order valence-electron chi connectivity index (χ1n) is 18.0. The molecule has 2 atom stereocenters. The normalized spacial score (nSPS) is 19.3. The van der Waals surface area contributed by atoms with Crippen molar-refractivity contribution < 1.29 is 13.9 Å². The van der Waals surface area contributed by atoms with E-state index in [-0.39, 0.29) is 17.4 Å². The Morgan fingerprint density at radius 1 is 1.06 bits per heavy atom. The van der Waals surface area contributed by atoms with Gasteiger partial charge in [0.1, 0.15) is 5.76 Å². The van der Waals surface area contributed by atoms with Crippen molar-refractivity contribution in [3.8, 4) is 11.3 Å². The molecule has 3 aromatic rings. The number of aromatic nitrogens is 2. The van der Waals surface area contributed by atoms with Crippen molar-refractivity contribution in [1.29, 1.82) is 0 Å². The first kappa shape index (κ1) is 35.6. The maximum absolute atomic E-state index is 6.19. The van der Waals surface area contributed by atoms with E-state index in [1.807, 2.05) is 7.05 Å². The molecule has 2 aromatic heterocycles.